The van der Waals surface area contributed by atoms with Crippen molar-refractivity contribution >= 4 is 40.1 Å². The van der Waals surface area contributed by atoms with Gasteiger partial charge in [-0.15, -0.1) is 11.3 Å². The summed E-state index contributed by atoms with van der Waals surface area (Å²) in [6, 6.07) is 9.04. The molecule has 0 saturated heterocycles. The molecule has 0 radical (unpaired) electrons. The van der Waals surface area contributed by atoms with Crippen molar-refractivity contribution in [3.05, 3.63) is 58.3 Å². The number of amides is 2. The van der Waals surface area contributed by atoms with Crippen LogP contribution in [0.2, 0.25) is 0 Å². The number of nitrogens with zero attached hydrogens (tertiary/aromatic N) is 2. The minimum absolute atomic E-state index is 0.0148. The number of anilines is 1. The van der Waals surface area contributed by atoms with Crippen LogP contribution < -0.4 is 16.0 Å². The number of nitrogens with one attached hydrogen (secondary N) is 3. The van der Waals surface area contributed by atoms with Crippen LogP contribution in [0.3, 0.4) is 0 Å². The van der Waals surface area contributed by atoms with Crippen LogP contribution in [0.25, 0.3) is 11.0 Å². The molecule has 2 amide bonds. The van der Waals surface area contributed by atoms with E-state index >= 15 is 0 Å². The van der Waals surface area contributed by atoms with E-state index in [0.29, 0.717) is 25.0 Å². The molecule has 3 aromatic rings. The van der Waals surface area contributed by atoms with Gasteiger partial charge in [0.25, 0.3) is 12.3 Å². The van der Waals surface area contributed by atoms with Crippen molar-refractivity contribution in [2.45, 2.75) is 84.5 Å². The maximum atomic E-state index is 13.1. The summed E-state index contributed by atoms with van der Waals surface area (Å²) in [5.41, 5.74) is 2.80. The molecule has 1 fully saturated rings. The molecule has 39 heavy (non-hydrogen) atoms. The zero-order chi connectivity index (χ0) is 28.3. The number of hydrogen-bond acceptors (Lipinski definition) is 5. The van der Waals surface area contributed by atoms with Crippen LogP contribution in [0.5, 0.6) is 0 Å². The van der Waals surface area contributed by atoms with E-state index in [9.17, 15) is 18.4 Å². The highest BCUT2D eigenvalue weighted by Crippen LogP contribution is 2.35. The van der Waals surface area contributed by atoms with E-state index in [2.05, 4.69) is 56.3 Å². The number of carbonyl (C=O) groups excluding carboxylic acids is 2. The van der Waals surface area contributed by atoms with Gasteiger partial charge in [-0.05, 0) is 73.9 Å². The van der Waals surface area contributed by atoms with Gasteiger partial charge in [0, 0.05) is 24.7 Å². The molecule has 210 valence electrons. The summed E-state index contributed by atoms with van der Waals surface area (Å²) in [4.78, 5) is 29.9. The molecule has 3 N–H and O–H groups in total. The van der Waals surface area contributed by atoms with Gasteiger partial charge in [-0.3, -0.25) is 14.9 Å². The van der Waals surface area contributed by atoms with Crippen molar-refractivity contribution in [3.63, 3.8) is 0 Å². The summed E-state index contributed by atoms with van der Waals surface area (Å²) >= 11 is 0.776. The van der Waals surface area contributed by atoms with Gasteiger partial charge in [0.05, 0.1) is 20.8 Å². The molecule has 1 unspecified atom stereocenters. The van der Waals surface area contributed by atoms with Gasteiger partial charge in [-0.1, -0.05) is 33.4 Å². The first kappa shape index (κ1) is 28.9. The van der Waals surface area contributed by atoms with E-state index in [4.69, 9.17) is 4.98 Å². The molecular formula is C29H37F2N5O2S. The van der Waals surface area contributed by atoms with Crippen LogP contribution in [0, 0.1) is 5.41 Å². The first-order valence-electron chi connectivity index (χ1n) is 13.3. The van der Waals surface area contributed by atoms with Crippen LogP contribution in [0.15, 0.2) is 43.0 Å². The molecule has 10 heteroatoms. The highest BCUT2D eigenvalue weighted by Gasteiger charge is 2.28. The number of halogens is 2. The summed E-state index contributed by atoms with van der Waals surface area (Å²) in [5.74, 6) is -0.314. The number of imidazole rings is 1. The number of alkyl halides is 2. The van der Waals surface area contributed by atoms with Crippen molar-refractivity contribution in [1.29, 1.82) is 0 Å². The van der Waals surface area contributed by atoms with E-state index in [-0.39, 0.29) is 33.2 Å². The van der Waals surface area contributed by atoms with Crippen molar-refractivity contribution in [2.75, 3.05) is 5.32 Å². The monoisotopic (exact) mass is 557 g/mol. The second-order valence-corrected chi connectivity index (χ2v) is 12.4. The van der Waals surface area contributed by atoms with Gasteiger partial charge >= 0.3 is 0 Å². The zero-order valence-electron chi connectivity index (χ0n) is 22.9. The number of carbonyl (C=O) groups is 2. The molecule has 3 atom stereocenters. The fourth-order valence-corrected chi connectivity index (χ4v) is 5.59. The minimum atomic E-state index is -2.63. The molecule has 4 rings (SSSR count). The standard InChI is InChI=1S/C29H37F2N5O2S/c1-6-25(37)33-19-8-7-9-20(15-19)36-22-11-10-18(16-32-17(2)29(3,4)5)14-21(22)34-28(36)35-27(38)24-13-12-23(39-24)26(30)31/h6,10-14,17,19-20,26,32H,1,7-9,15-16H2,2-5H3,(H,33,37)(H,34,35,38)/t17-,19+,20?/m0/s1. The maximum absolute atomic E-state index is 13.1. The van der Waals surface area contributed by atoms with Gasteiger partial charge in [-0.2, -0.15) is 0 Å². The molecule has 2 aromatic heterocycles. The van der Waals surface area contributed by atoms with E-state index in [1.54, 1.807) is 0 Å². The minimum Gasteiger partial charge on any atom is -0.350 e. The quantitative estimate of drug-likeness (QED) is 0.259. The first-order chi connectivity index (χ1) is 18.5. The molecular weight excluding hydrogens is 520 g/mol. The average Bonchev–Trinajstić information content (AvgIpc) is 3.52. The molecule has 0 bridgehead atoms. The lowest BCUT2D eigenvalue weighted by atomic mass is 9.88. The summed E-state index contributed by atoms with van der Waals surface area (Å²) in [5, 5.41) is 9.45. The predicted molar refractivity (Wildman–Crippen MR) is 152 cm³/mol. The first-order valence-corrected chi connectivity index (χ1v) is 14.1. The number of thiophene rings is 1. The normalized spacial score (nSPS) is 18.7. The topological polar surface area (TPSA) is 88.1 Å². The summed E-state index contributed by atoms with van der Waals surface area (Å²) < 4.78 is 28.2. The smallest absolute Gasteiger partial charge is 0.272 e. The third-order valence-corrected chi connectivity index (χ3v) is 8.59. The SMILES string of the molecule is C=CC(=O)N[C@@H]1CCCC(n2c(NC(=O)c3ccc(C(F)F)s3)nc3cc(CN[C@@H](C)C(C)(C)C)ccc32)C1. The van der Waals surface area contributed by atoms with Crippen molar-refractivity contribution in [1.82, 2.24) is 20.2 Å². The largest absolute Gasteiger partial charge is 0.350 e. The highest BCUT2D eigenvalue weighted by molar-refractivity contribution is 7.14. The van der Waals surface area contributed by atoms with Crippen molar-refractivity contribution in [2.24, 2.45) is 5.41 Å². The number of fused-ring (bicyclic) bond motifs is 1. The average molecular weight is 558 g/mol. The molecule has 0 aliphatic heterocycles. The van der Waals surface area contributed by atoms with Crippen LogP contribution >= 0.6 is 11.3 Å². The summed E-state index contributed by atoms with van der Waals surface area (Å²) in [6.45, 7) is 13.0. The van der Waals surface area contributed by atoms with Crippen LogP contribution in [0.4, 0.5) is 14.7 Å². The maximum Gasteiger partial charge on any atom is 0.272 e. The van der Waals surface area contributed by atoms with E-state index < -0.39 is 12.3 Å². The Labute approximate surface area is 232 Å². The second-order valence-electron chi connectivity index (χ2n) is 11.3. The van der Waals surface area contributed by atoms with E-state index in [1.165, 1.54) is 18.2 Å². The fraction of sp³-hybridized carbons (Fsp3) is 0.483. The van der Waals surface area contributed by atoms with Crippen LogP contribution in [0.1, 0.15) is 86.0 Å². The van der Waals surface area contributed by atoms with Gasteiger partial charge < -0.3 is 15.2 Å². The van der Waals surface area contributed by atoms with Crippen LogP contribution in [-0.4, -0.2) is 33.4 Å². The lowest BCUT2D eigenvalue weighted by Crippen LogP contribution is -2.38. The molecule has 7 nitrogen and oxygen atoms in total. The van der Waals surface area contributed by atoms with Gasteiger partial charge in [0.15, 0.2) is 0 Å². The summed E-state index contributed by atoms with van der Waals surface area (Å²) in [6.07, 6.45) is 1.93. The molecule has 2 heterocycles. The van der Waals surface area contributed by atoms with E-state index in [0.717, 1.165) is 47.2 Å². The number of hydrogen-bond donors (Lipinski definition) is 3. The molecule has 0 spiro atoms. The second kappa shape index (κ2) is 12.0. The lowest BCUT2D eigenvalue weighted by Gasteiger charge is -2.31. The Bertz CT molecular complexity index is 1340. The summed E-state index contributed by atoms with van der Waals surface area (Å²) in [7, 11) is 0. The Morgan fingerprint density at radius 1 is 1.23 bits per heavy atom. The van der Waals surface area contributed by atoms with E-state index in [1.807, 2.05) is 16.7 Å². The Hall–Kier alpha value is -3.11. The Kier molecular flexibility index (Phi) is 8.86. The highest BCUT2D eigenvalue weighted by atomic mass is 32.1. The van der Waals surface area contributed by atoms with Gasteiger partial charge in [-0.25, -0.2) is 13.8 Å². The number of benzene rings is 1. The fourth-order valence-electron chi connectivity index (χ4n) is 4.83. The zero-order valence-corrected chi connectivity index (χ0v) is 23.7. The van der Waals surface area contributed by atoms with Crippen molar-refractivity contribution in [3.8, 4) is 0 Å². The Balaban J connectivity index is 1.65. The Morgan fingerprint density at radius 3 is 2.67 bits per heavy atom. The molecule has 1 aliphatic carbocycles. The molecule has 1 aliphatic rings. The molecule has 1 saturated carbocycles. The third kappa shape index (κ3) is 6.91. The lowest BCUT2D eigenvalue weighted by molar-refractivity contribution is -0.117. The van der Waals surface area contributed by atoms with Gasteiger partial charge in [0.1, 0.15) is 0 Å². The van der Waals surface area contributed by atoms with Gasteiger partial charge in [0.2, 0.25) is 11.9 Å². The predicted octanol–water partition coefficient (Wildman–Crippen LogP) is 6.60. The van der Waals surface area contributed by atoms with Crippen LogP contribution in [-0.2, 0) is 11.3 Å². The number of aromatic nitrogens is 2. The number of rotatable bonds is 9. The van der Waals surface area contributed by atoms with Crippen molar-refractivity contribution < 1.29 is 18.4 Å². The Morgan fingerprint density at radius 2 is 2.00 bits per heavy atom. The third-order valence-electron chi connectivity index (χ3n) is 7.50. The molecule has 1 aromatic carbocycles.